The van der Waals surface area contributed by atoms with Crippen LogP contribution in [0, 0.1) is 12.7 Å². The van der Waals surface area contributed by atoms with Crippen LogP contribution in [0.15, 0.2) is 42.5 Å². The molecule has 12 heteroatoms. The van der Waals surface area contributed by atoms with E-state index in [1.165, 1.54) is 6.07 Å². The molecule has 1 fully saturated rings. The molecule has 1 aliphatic heterocycles. The number of aryl methyl sites for hydroxylation is 1. The number of aromatic nitrogens is 1. The number of rotatable bonds is 9. The van der Waals surface area contributed by atoms with Crippen LogP contribution in [0.25, 0.3) is 10.9 Å². The average molecular weight is 561 g/mol. The lowest BCUT2D eigenvalue weighted by atomic mass is 9.84. The van der Waals surface area contributed by atoms with Crippen molar-refractivity contribution in [2.75, 3.05) is 20.2 Å². The molecule has 40 heavy (non-hydrogen) atoms. The second kappa shape index (κ2) is 12.5. The van der Waals surface area contributed by atoms with Crippen LogP contribution in [0.4, 0.5) is 4.39 Å². The highest BCUT2D eigenvalue weighted by Crippen LogP contribution is 2.38. The molecule has 216 valence electrons. The van der Waals surface area contributed by atoms with E-state index < -0.39 is 42.0 Å². The number of aromatic amines is 1. The third kappa shape index (κ3) is 7.14. The summed E-state index contributed by atoms with van der Waals surface area (Å²) in [4.78, 5) is 36.2. The minimum Gasteiger partial charge on any atom is -0.496 e. The molecule has 1 aromatic heterocycles. The number of para-hydroxylation sites is 1. The lowest BCUT2D eigenvalue weighted by Crippen LogP contribution is -2.42. The molecule has 0 aliphatic carbocycles. The van der Waals surface area contributed by atoms with Gasteiger partial charge in [-0.25, -0.2) is 9.18 Å². The van der Waals surface area contributed by atoms with Crippen LogP contribution >= 0.6 is 0 Å². The first kappa shape index (κ1) is 30.5. The number of fused-ring (bicyclic) bond motifs is 1. The van der Waals surface area contributed by atoms with Gasteiger partial charge in [0.1, 0.15) is 11.6 Å². The number of carboxylic acid groups (broad SMARTS) is 3. The quantitative estimate of drug-likeness (QED) is 0.228. The Morgan fingerprint density at radius 3 is 2.20 bits per heavy atom. The van der Waals surface area contributed by atoms with Crippen LogP contribution in [0.3, 0.4) is 0 Å². The fraction of sp³-hybridized carbons (Fsp3) is 0.393. The Morgan fingerprint density at radius 1 is 1.05 bits per heavy atom. The third-order valence-electron chi connectivity index (χ3n) is 7.08. The number of piperidine rings is 1. The van der Waals surface area contributed by atoms with E-state index in [9.17, 15) is 23.9 Å². The van der Waals surface area contributed by atoms with Gasteiger partial charge in [-0.2, -0.15) is 0 Å². The lowest BCUT2D eigenvalue weighted by Gasteiger charge is -2.39. The van der Waals surface area contributed by atoms with Gasteiger partial charge in [-0.05, 0) is 49.6 Å². The Bertz CT molecular complexity index is 1360. The number of carboxylic acids is 3. The number of ether oxygens (including phenoxy) is 1. The number of hydrogen-bond acceptors (Lipinski definition) is 7. The number of halogens is 1. The van der Waals surface area contributed by atoms with E-state index >= 15 is 0 Å². The van der Waals surface area contributed by atoms with E-state index in [1.807, 2.05) is 31.2 Å². The number of nitrogens with zero attached hydrogens (tertiary/aromatic N) is 1. The number of methoxy groups -OCH3 is 1. The summed E-state index contributed by atoms with van der Waals surface area (Å²) in [6.07, 6.45) is -0.980. The van der Waals surface area contributed by atoms with Crippen molar-refractivity contribution in [2.24, 2.45) is 0 Å². The fourth-order valence-corrected chi connectivity index (χ4v) is 4.83. The Morgan fingerprint density at radius 2 is 1.65 bits per heavy atom. The molecule has 4 rings (SSSR count). The lowest BCUT2D eigenvalue weighted by molar-refractivity contribution is -0.170. The van der Waals surface area contributed by atoms with Crippen molar-refractivity contribution in [1.82, 2.24) is 9.88 Å². The minimum absolute atomic E-state index is 0.212. The van der Waals surface area contributed by atoms with Gasteiger partial charge in [-0.3, -0.25) is 14.5 Å². The highest BCUT2D eigenvalue weighted by atomic mass is 19.1. The van der Waals surface area contributed by atoms with Crippen LogP contribution < -0.4 is 4.74 Å². The normalized spacial score (nSPS) is 15.2. The summed E-state index contributed by atoms with van der Waals surface area (Å²) in [5.74, 6) is -4.49. The number of benzene rings is 2. The van der Waals surface area contributed by atoms with E-state index in [1.54, 1.807) is 19.2 Å². The zero-order valence-corrected chi connectivity index (χ0v) is 22.2. The zero-order valence-electron chi connectivity index (χ0n) is 22.2. The van der Waals surface area contributed by atoms with Gasteiger partial charge in [-0.1, -0.05) is 18.2 Å². The number of hydrogen-bond donors (Lipinski definition) is 6. The first-order valence-electron chi connectivity index (χ1n) is 12.5. The van der Waals surface area contributed by atoms with Crippen molar-refractivity contribution in [1.29, 1.82) is 0 Å². The van der Waals surface area contributed by atoms with Crippen LogP contribution in [0.1, 0.15) is 42.5 Å². The van der Waals surface area contributed by atoms with E-state index in [2.05, 4.69) is 9.88 Å². The molecule has 0 bridgehead atoms. The average Bonchev–Trinajstić information content (AvgIpc) is 3.19. The predicted octanol–water partition coefficient (Wildman–Crippen LogP) is 2.86. The molecule has 6 N–H and O–H groups in total. The molecule has 0 spiro atoms. The molecular weight excluding hydrogens is 527 g/mol. The number of aliphatic carboxylic acids is 3. The summed E-state index contributed by atoms with van der Waals surface area (Å²) in [5, 5.41) is 45.9. The molecule has 0 radical (unpaired) electrons. The van der Waals surface area contributed by atoms with Crippen molar-refractivity contribution < 1.29 is 49.0 Å². The van der Waals surface area contributed by atoms with Gasteiger partial charge in [0, 0.05) is 41.8 Å². The maximum Gasteiger partial charge on any atom is 0.336 e. The highest BCUT2D eigenvalue weighted by Gasteiger charge is 2.41. The Balaban J connectivity index is 0.000000289. The first-order chi connectivity index (χ1) is 18.8. The molecular formula is C28H33FN2O9. The SMILES string of the molecule is COc1ccccc1C1(O)CCN(Cc2[nH]c3ccc(F)cc3c2C)CC1.O=C(O)CC(O)(CC(=O)O)C(=O)O. The largest absolute Gasteiger partial charge is 0.496 e. The molecule has 2 aromatic carbocycles. The molecule has 0 saturated carbocycles. The Hall–Kier alpha value is -4.00. The van der Waals surface area contributed by atoms with Gasteiger partial charge < -0.3 is 35.3 Å². The highest BCUT2D eigenvalue weighted by molar-refractivity contribution is 5.88. The predicted molar refractivity (Wildman–Crippen MR) is 141 cm³/mol. The summed E-state index contributed by atoms with van der Waals surface area (Å²) in [6, 6.07) is 12.6. The van der Waals surface area contributed by atoms with Crippen molar-refractivity contribution in [3.8, 4) is 5.75 Å². The zero-order chi connectivity index (χ0) is 29.7. The van der Waals surface area contributed by atoms with E-state index in [0.717, 1.165) is 53.1 Å². The van der Waals surface area contributed by atoms with E-state index in [4.69, 9.17) is 25.2 Å². The smallest absolute Gasteiger partial charge is 0.336 e. The summed E-state index contributed by atoms with van der Waals surface area (Å²) >= 11 is 0. The topological polar surface area (TPSA) is 181 Å². The van der Waals surface area contributed by atoms with Crippen molar-refractivity contribution in [3.05, 3.63) is 65.1 Å². The number of nitrogens with one attached hydrogen (secondary N) is 1. The summed E-state index contributed by atoms with van der Waals surface area (Å²) < 4.78 is 19.0. The maximum atomic E-state index is 13.5. The van der Waals surface area contributed by atoms with Crippen LogP contribution in [0.2, 0.25) is 0 Å². The summed E-state index contributed by atoms with van der Waals surface area (Å²) in [5.41, 5.74) is 0.434. The molecule has 3 aromatic rings. The van der Waals surface area contributed by atoms with Gasteiger partial charge in [0.15, 0.2) is 5.60 Å². The number of aliphatic hydroxyl groups is 2. The van der Waals surface area contributed by atoms with Gasteiger partial charge in [0.25, 0.3) is 0 Å². The van der Waals surface area contributed by atoms with E-state index in [0.29, 0.717) is 12.8 Å². The summed E-state index contributed by atoms with van der Waals surface area (Å²) in [6.45, 7) is 4.38. The molecule has 0 unspecified atom stereocenters. The first-order valence-corrected chi connectivity index (χ1v) is 12.5. The summed E-state index contributed by atoms with van der Waals surface area (Å²) in [7, 11) is 1.64. The van der Waals surface area contributed by atoms with Crippen LogP contribution in [-0.2, 0) is 26.5 Å². The van der Waals surface area contributed by atoms with Gasteiger partial charge >= 0.3 is 17.9 Å². The van der Waals surface area contributed by atoms with Gasteiger partial charge in [-0.15, -0.1) is 0 Å². The molecule has 11 nitrogen and oxygen atoms in total. The van der Waals surface area contributed by atoms with Crippen LogP contribution in [0.5, 0.6) is 5.75 Å². The number of H-pyrrole nitrogens is 1. The van der Waals surface area contributed by atoms with Gasteiger partial charge in [0.05, 0.1) is 25.6 Å². The second-order valence-corrected chi connectivity index (χ2v) is 9.90. The Kier molecular flexibility index (Phi) is 9.51. The van der Waals surface area contributed by atoms with Gasteiger partial charge in [0.2, 0.25) is 0 Å². The van der Waals surface area contributed by atoms with Crippen molar-refractivity contribution in [3.63, 3.8) is 0 Å². The molecule has 0 atom stereocenters. The molecule has 1 aliphatic rings. The minimum atomic E-state index is -2.74. The molecule has 2 heterocycles. The fourth-order valence-electron chi connectivity index (χ4n) is 4.83. The van der Waals surface area contributed by atoms with Crippen molar-refractivity contribution >= 4 is 28.8 Å². The third-order valence-corrected chi connectivity index (χ3v) is 7.08. The standard InChI is InChI=1S/C22H25FN2O2.C6H8O7/c1-15-17-13-16(23)7-8-19(17)24-20(15)14-25-11-9-22(26,10-12-25)18-5-3-4-6-21(18)27-2;7-3(8)1-6(13,5(11)12)2-4(9)10/h3-8,13,24,26H,9-12,14H2,1-2H3;13H,1-2H2,(H,7,8)(H,9,10)(H,11,12). The number of likely N-dealkylation sites (tertiary alicyclic amines) is 1. The second-order valence-electron chi connectivity index (χ2n) is 9.90. The Labute approximate surface area is 229 Å². The maximum absolute atomic E-state index is 13.5. The number of carbonyl (C=O) groups is 3. The monoisotopic (exact) mass is 560 g/mol. The molecule has 0 amide bonds. The van der Waals surface area contributed by atoms with Crippen molar-refractivity contribution in [2.45, 2.75) is 50.4 Å². The van der Waals surface area contributed by atoms with Crippen LogP contribution in [-0.4, -0.2) is 79.1 Å². The molecule has 1 saturated heterocycles. The van der Waals surface area contributed by atoms with E-state index in [-0.39, 0.29) is 5.82 Å².